The molecule has 1 saturated heterocycles. The van der Waals surface area contributed by atoms with Crippen LogP contribution in [0.1, 0.15) is 24.9 Å². The van der Waals surface area contributed by atoms with Crippen molar-refractivity contribution < 1.29 is 13.0 Å². The van der Waals surface area contributed by atoms with E-state index in [1.807, 2.05) is 6.92 Å². The van der Waals surface area contributed by atoms with Gasteiger partial charge < -0.3 is 5.32 Å². The van der Waals surface area contributed by atoms with Crippen molar-refractivity contribution in [1.82, 2.24) is 5.32 Å². The molecule has 1 heterocycles. The van der Waals surface area contributed by atoms with Gasteiger partial charge >= 0.3 is 0 Å². The van der Waals surface area contributed by atoms with E-state index in [1.165, 1.54) is 12.1 Å². The number of rotatable bonds is 2. The van der Waals surface area contributed by atoms with Gasteiger partial charge in [-0.2, -0.15) is 0 Å². The van der Waals surface area contributed by atoms with Crippen LogP contribution < -0.4 is 5.32 Å². The maximum Gasteiger partial charge on any atom is 0.130 e. The normalized spacial score (nSPS) is 29.2. The van der Waals surface area contributed by atoms with Crippen LogP contribution in [0.15, 0.2) is 18.2 Å². The molecule has 0 radical (unpaired) electrons. The molecule has 0 amide bonds. The molecular formula is C12H15F2NOS. The van der Waals surface area contributed by atoms with Crippen molar-refractivity contribution in [3.05, 3.63) is 35.4 Å². The Morgan fingerprint density at radius 1 is 1.41 bits per heavy atom. The number of hydrogen-bond donors (Lipinski definition) is 1. The van der Waals surface area contributed by atoms with E-state index in [4.69, 9.17) is 0 Å². The Bertz CT molecular complexity index is 439. The fraction of sp³-hybridized carbons (Fsp3) is 0.500. The largest absolute Gasteiger partial charge is 0.305 e. The third kappa shape index (κ3) is 2.90. The van der Waals surface area contributed by atoms with Crippen molar-refractivity contribution in [2.24, 2.45) is 0 Å². The van der Waals surface area contributed by atoms with E-state index in [1.54, 1.807) is 0 Å². The van der Waals surface area contributed by atoms with E-state index in [2.05, 4.69) is 5.32 Å². The first-order valence-corrected chi connectivity index (χ1v) is 7.15. The van der Waals surface area contributed by atoms with Crippen molar-refractivity contribution in [3.63, 3.8) is 0 Å². The lowest BCUT2D eigenvalue weighted by molar-refractivity contribution is 0.441. The first-order chi connectivity index (χ1) is 8.10. The minimum absolute atomic E-state index is 0.138. The lowest BCUT2D eigenvalue weighted by atomic mass is 10.1. The van der Waals surface area contributed by atoms with Gasteiger partial charge in [0.05, 0.1) is 0 Å². The smallest absolute Gasteiger partial charge is 0.130 e. The maximum atomic E-state index is 13.6. The molecule has 1 aromatic rings. The minimum Gasteiger partial charge on any atom is -0.305 e. The van der Waals surface area contributed by atoms with Crippen molar-refractivity contribution in [2.45, 2.75) is 25.4 Å². The van der Waals surface area contributed by atoms with E-state index >= 15 is 0 Å². The zero-order valence-corrected chi connectivity index (χ0v) is 10.4. The van der Waals surface area contributed by atoms with Crippen molar-refractivity contribution in [1.29, 1.82) is 0 Å². The van der Waals surface area contributed by atoms with E-state index < -0.39 is 22.4 Å². The molecule has 0 spiro atoms. The zero-order valence-electron chi connectivity index (χ0n) is 9.58. The molecule has 0 aliphatic carbocycles. The number of halogens is 2. The lowest BCUT2D eigenvalue weighted by Crippen LogP contribution is -2.44. The Morgan fingerprint density at radius 2 is 2.18 bits per heavy atom. The van der Waals surface area contributed by atoms with Crippen molar-refractivity contribution in [3.8, 4) is 0 Å². The van der Waals surface area contributed by atoms with Crippen LogP contribution >= 0.6 is 0 Å². The van der Waals surface area contributed by atoms with Gasteiger partial charge in [0, 0.05) is 46.0 Å². The van der Waals surface area contributed by atoms with E-state index in [9.17, 15) is 13.0 Å². The second-order valence-corrected chi connectivity index (χ2v) is 5.81. The highest BCUT2D eigenvalue weighted by molar-refractivity contribution is 7.85. The summed E-state index contributed by atoms with van der Waals surface area (Å²) < 4.78 is 38.1. The van der Waals surface area contributed by atoms with Crippen LogP contribution in [0, 0.1) is 11.6 Å². The number of nitrogens with one attached hydrogen (secondary N) is 1. The van der Waals surface area contributed by atoms with Gasteiger partial charge in [0.1, 0.15) is 11.6 Å². The first kappa shape index (κ1) is 12.6. The molecule has 1 aliphatic rings. The summed E-state index contributed by atoms with van der Waals surface area (Å²) in [5.41, 5.74) is 0.401. The molecular weight excluding hydrogens is 244 g/mol. The predicted molar refractivity (Wildman–Crippen MR) is 64.2 cm³/mol. The molecule has 2 nitrogen and oxygen atoms in total. The predicted octanol–water partition coefficient (Wildman–Crippen LogP) is 2.14. The van der Waals surface area contributed by atoms with Crippen LogP contribution in [0.25, 0.3) is 0 Å². The van der Waals surface area contributed by atoms with Gasteiger partial charge in [-0.1, -0.05) is 13.0 Å². The van der Waals surface area contributed by atoms with Crippen LogP contribution in [-0.2, 0) is 10.8 Å². The molecule has 5 heteroatoms. The van der Waals surface area contributed by atoms with Gasteiger partial charge in [0.15, 0.2) is 0 Å². The van der Waals surface area contributed by atoms with Gasteiger partial charge in [-0.3, -0.25) is 4.21 Å². The highest BCUT2D eigenvalue weighted by Gasteiger charge is 2.27. The summed E-state index contributed by atoms with van der Waals surface area (Å²) in [4.78, 5) is 0. The standard InChI is InChI=1S/C12H15F2NOS/c1-2-9-6-17(16)7-12(15-9)10-4-3-8(13)5-11(10)14/h3-5,9,12,15H,2,6-7H2,1H3. The summed E-state index contributed by atoms with van der Waals surface area (Å²) in [6, 6.07) is 3.39. The summed E-state index contributed by atoms with van der Waals surface area (Å²) >= 11 is 0. The number of hydrogen-bond acceptors (Lipinski definition) is 2. The van der Waals surface area contributed by atoms with E-state index in [-0.39, 0.29) is 12.1 Å². The Kier molecular flexibility index (Phi) is 3.89. The second-order valence-electron chi connectivity index (χ2n) is 4.26. The van der Waals surface area contributed by atoms with Crippen molar-refractivity contribution >= 4 is 10.8 Å². The highest BCUT2D eigenvalue weighted by atomic mass is 32.2. The molecule has 3 unspecified atom stereocenters. The fourth-order valence-electron chi connectivity index (χ4n) is 2.06. The van der Waals surface area contributed by atoms with Gasteiger partial charge in [0.25, 0.3) is 0 Å². The fourth-order valence-corrected chi connectivity index (χ4v) is 3.62. The van der Waals surface area contributed by atoms with Crippen LogP contribution in [0.2, 0.25) is 0 Å². The maximum absolute atomic E-state index is 13.6. The third-order valence-corrected chi connectivity index (χ3v) is 4.49. The molecule has 1 N–H and O–H groups in total. The first-order valence-electron chi connectivity index (χ1n) is 5.66. The van der Waals surface area contributed by atoms with Gasteiger partial charge in [-0.05, 0) is 12.5 Å². The van der Waals surface area contributed by atoms with Crippen LogP contribution in [0.4, 0.5) is 8.78 Å². The quantitative estimate of drug-likeness (QED) is 0.881. The Balaban J connectivity index is 2.23. The molecule has 0 saturated carbocycles. The molecule has 1 fully saturated rings. The van der Waals surface area contributed by atoms with E-state index in [0.29, 0.717) is 17.1 Å². The Hall–Kier alpha value is -0.810. The monoisotopic (exact) mass is 259 g/mol. The molecule has 2 rings (SSSR count). The summed E-state index contributed by atoms with van der Waals surface area (Å²) in [7, 11) is -0.937. The molecule has 1 aliphatic heterocycles. The Morgan fingerprint density at radius 3 is 2.82 bits per heavy atom. The highest BCUT2D eigenvalue weighted by Crippen LogP contribution is 2.23. The van der Waals surface area contributed by atoms with Crippen LogP contribution in [0.5, 0.6) is 0 Å². The van der Waals surface area contributed by atoms with Gasteiger partial charge in [0.2, 0.25) is 0 Å². The second kappa shape index (κ2) is 5.23. The summed E-state index contributed by atoms with van der Waals surface area (Å²) in [5.74, 6) is -0.166. The molecule has 94 valence electrons. The van der Waals surface area contributed by atoms with Crippen molar-refractivity contribution in [2.75, 3.05) is 11.5 Å². The zero-order chi connectivity index (χ0) is 12.4. The summed E-state index contributed by atoms with van der Waals surface area (Å²) in [5, 5.41) is 3.25. The lowest BCUT2D eigenvalue weighted by Gasteiger charge is -2.30. The number of benzene rings is 1. The summed E-state index contributed by atoms with van der Waals surface area (Å²) in [6.45, 7) is 2.00. The van der Waals surface area contributed by atoms with Crippen LogP contribution in [-0.4, -0.2) is 21.8 Å². The van der Waals surface area contributed by atoms with E-state index in [0.717, 1.165) is 12.5 Å². The average Bonchev–Trinajstić information content (AvgIpc) is 2.28. The minimum atomic E-state index is -0.937. The van der Waals surface area contributed by atoms with Gasteiger partial charge in [-0.25, -0.2) is 8.78 Å². The average molecular weight is 259 g/mol. The Labute approximate surface area is 102 Å². The topological polar surface area (TPSA) is 29.1 Å². The molecule has 3 atom stereocenters. The third-order valence-electron chi connectivity index (χ3n) is 3.01. The summed E-state index contributed by atoms with van der Waals surface area (Å²) in [6.07, 6.45) is 0.852. The molecule has 17 heavy (non-hydrogen) atoms. The molecule has 0 aromatic heterocycles. The van der Waals surface area contributed by atoms with Gasteiger partial charge in [-0.15, -0.1) is 0 Å². The van der Waals surface area contributed by atoms with Crippen LogP contribution in [0.3, 0.4) is 0 Å². The molecule has 0 bridgehead atoms. The molecule has 1 aromatic carbocycles. The SMILES string of the molecule is CCC1CS(=O)CC(c2ccc(F)cc2F)N1.